The van der Waals surface area contributed by atoms with Crippen LogP contribution in [0.3, 0.4) is 0 Å². The van der Waals surface area contributed by atoms with Gasteiger partial charge in [0.1, 0.15) is 5.56 Å². The molecule has 0 atom stereocenters. The molecule has 0 saturated heterocycles. The summed E-state index contributed by atoms with van der Waals surface area (Å²) in [5.74, 6) is -0.377. The van der Waals surface area contributed by atoms with Crippen molar-refractivity contribution in [2.24, 2.45) is 0 Å². The van der Waals surface area contributed by atoms with Gasteiger partial charge in [-0.05, 0) is 37.8 Å². The first kappa shape index (κ1) is 18.0. The molecule has 0 bridgehead atoms. The number of benzene rings is 3. The number of rotatable bonds is 4. The molecule has 140 valence electrons. The summed E-state index contributed by atoms with van der Waals surface area (Å²) in [5.41, 5.74) is 5.28. The molecule has 0 amide bonds. The van der Waals surface area contributed by atoms with E-state index in [0.717, 1.165) is 38.6 Å². The summed E-state index contributed by atoms with van der Waals surface area (Å²) >= 11 is 0. The lowest BCUT2D eigenvalue weighted by molar-refractivity contribution is 0.0527. The van der Waals surface area contributed by atoms with Crippen LogP contribution in [0.15, 0.2) is 60.8 Å². The van der Waals surface area contributed by atoms with Crippen LogP contribution in [-0.2, 0) is 4.74 Å². The summed E-state index contributed by atoms with van der Waals surface area (Å²) in [4.78, 5) is 17.2. The molecular weight excluding hydrogens is 348 g/mol. The molecule has 0 aliphatic rings. The van der Waals surface area contributed by atoms with E-state index in [1.807, 2.05) is 24.3 Å². The second kappa shape index (κ2) is 7.31. The SMILES string of the molecule is CCOC(=O)c1cnc2c(ccc3ccccc32)c1Nc1ccc(C)cc1C. The Kier molecular flexibility index (Phi) is 4.70. The highest BCUT2D eigenvalue weighted by Crippen LogP contribution is 2.34. The zero-order valence-electron chi connectivity index (χ0n) is 16.2. The topological polar surface area (TPSA) is 51.2 Å². The van der Waals surface area contributed by atoms with Crippen LogP contribution >= 0.6 is 0 Å². The largest absolute Gasteiger partial charge is 0.462 e. The number of pyridine rings is 1. The molecule has 1 N–H and O–H groups in total. The van der Waals surface area contributed by atoms with E-state index in [-0.39, 0.29) is 5.97 Å². The summed E-state index contributed by atoms with van der Waals surface area (Å²) < 4.78 is 5.27. The van der Waals surface area contributed by atoms with Crippen molar-refractivity contribution in [3.05, 3.63) is 77.5 Å². The maximum absolute atomic E-state index is 12.6. The Morgan fingerprint density at radius 1 is 1.04 bits per heavy atom. The summed E-state index contributed by atoms with van der Waals surface area (Å²) in [5, 5.41) is 6.54. The number of esters is 1. The molecule has 1 heterocycles. The van der Waals surface area contributed by atoms with E-state index in [4.69, 9.17) is 4.74 Å². The molecule has 0 saturated carbocycles. The van der Waals surface area contributed by atoms with Gasteiger partial charge in [0.05, 0.1) is 17.8 Å². The number of nitrogens with zero attached hydrogens (tertiary/aromatic N) is 1. The number of carbonyl (C=O) groups excluding carboxylic acids is 1. The van der Waals surface area contributed by atoms with Gasteiger partial charge in [0, 0.05) is 22.7 Å². The fourth-order valence-electron chi connectivity index (χ4n) is 3.52. The van der Waals surface area contributed by atoms with Gasteiger partial charge in [-0.2, -0.15) is 0 Å². The van der Waals surface area contributed by atoms with Gasteiger partial charge in [-0.15, -0.1) is 0 Å². The first-order valence-corrected chi connectivity index (χ1v) is 9.40. The smallest absolute Gasteiger partial charge is 0.341 e. The first-order valence-electron chi connectivity index (χ1n) is 9.40. The Hall–Kier alpha value is -3.40. The lowest BCUT2D eigenvalue weighted by atomic mass is 10.0. The average Bonchev–Trinajstić information content (AvgIpc) is 2.70. The summed E-state index contributed by atoms with van der Waals surface area (Å²) in [6.07, 6.45) is 1.61. The predicted molar refractivity (Wildman–Crippen MR) is 114 cm³/mol. The number of hydrogen-bond donors (Lipinski definition) is 1. The van der Waals surface area contributed by atoms with Crippen molar-refractivity contribution in [2.45, 2.75) is 20.8 Å². The number of nitrogens with one attached hydrogen (secondary N) is 1. The van der Waals surface area contributed by atoms with Gasteiger partial charge in [-0.3, -0.25) is 4.98 Å². The van der Waals surface area contributed by atoms with E-state index in [1.54, 1.807) is 13.1 Å². The maximum atomic E-state index is 12.6. The number of hydrogen-bond acceptors (Lipinski definition) is 4. The number of ether oxygens (including phenoxy) is 1. The summed E-state index contributed by atoms with van der Waals surface area (Å²) in [7, 11) is 0. The van der Waals surface area contributed by atoms with Crippen molar-refractivity contribution in [2.75, 3.05) is 11.9 Å². The minimum Gasteiger partial charge on any atom is -0.462 e. The third-order valence-corrected chi connectivity index (χ3v) is 4.90. The van der Waals surface area contributed by atoms with Crippen molar-refractivity contribution >= 4 is 39.0 Å². The highest BCUT2D eigenvalue weighted by atomic mass is 16.5. The standard InChI is InChI=1S/C24H22N2O2/c1-4-28-24(27)20-14-25-22-18-8-6-5-7-17(18)10-11-19(22)23(20)26-21-12-9-15(2)13-16(21)3/h5-14H,4H2,1-3H3,(H,25,26). The number of carbonyl (C=O) groups is 1. The number of aryl methyl sites for hydroxylation is 2. The van der Waals surface area contributed by atoms with Crippen molar-refractivity contribution in [1.82, 2.24) is 4.98 Å². The molecule has 0 aliphatic heterocycles. The third kappa shape index (κ3) is 3.18. The Morgan fingerprint density at radius 2 is 1.86 bits per heavy atom. The van der Waals surface area contributed by atoms with Crippen LogP contribution in [-0.4, -0.2) is 17.6 Å². The van der Waals surface area contributed by atoms with Crippen molar-refractivity contribution < 1.29 is 9.53 Å². The van der Waals surface area contributed by atoms with Crippen LogP contribution in [0.25, 0.3) is 21.7 Å². The van der Waals surface area contributed by atoms with Gasteiger partial charge in [-0.1, -0.05) is 54.1 Å². The Morgan fingerprint density at radius 3 is 2.64 bits per heavy atom. The zero-order chi connectivity index (χ0) is 19.7. The van der Waals surface area contributed by atoms with Crippen molar-refractivity contribution in [3.63, 3.8) is 0 Å². The second-order valence-corrected chi connectivity index (χ2v) is 6.89. The van der Waals surface area contributed by atoms with Crippen LogP contribution in [0, 0.1) is 13.8 Å². The Bertz CT molecular complexity index is 1200. The van der Waals surface area contributed by atoms with Gasteiger partial charge in [0.25, 0.3) is 0 Å². The number of fused-ring (bicyclic) bond motifs is 3. The molecule has 0 unspecified atom stereocenters. The minimum atomic E-state index is -0.377. The molecule has 0 aliphatic carbocycles. The molecule has 4 rings (SSSR count). The van der Waals surface area contributed by atoms with Crippen molar-refractivity contribution in [1.29, 1.82) is 0 Å². The maximum Gasteiger partial charge on any atom is 0.341 e. The van der Waals surface area contributed by atoms with Crippen LogP contribution in [0.1, 0.15) is 28.4 Å². The van der Waals surface area contributed by atoms with Crippen LogP contribution in [0.2, 0.25) is 0 Å². The predicted octanol–water partition coefficient (Wildman–Crippen LogP) is 5.93. The number of aromatic nitrogens is 1. The van der Waals surface area contributed by atoms with Gasteiger partial charge in [0.2, 0.25) is 0 Å². The Balaban J connectivity index is 1.97. The zero-order valence-corrected chi connectivity index (χ0v) is 16.2. The minimum absolute atomic E-state index is 0.317. The van der Waals surface area contributed by atoms with Crippen molar-refractivity contribution in [3.8, 4) is 0 Å². The number of anilines is 2. The van der Waals surface area contributed by atoms with E-state index in [1.165, 1.54) is 5.56 Å². The molecule has 28 heavy (non-hydrogen) atoms. The van der Waals surface area contributed by atoms with Gasteiger partial charge < -0.3 is 10.1 Å². The third-order valence-electron chi connectivity index (χ3n) is 4.90. The molecule has 4 aromatic rings. The van der Waals surface area contributed by atoms with E-state index < -0.39 is 0 Å². The fourth-order valence-corrected chi connectivity index (χ4v) is 3.52. The van der Waals surface area contributed by atoms with Gasteiger partial charge in [-0.25, -0.2) is 4.79 Å². The lowest BCUT2D eigenvalue weighted by Crippen LogP contribution is -2.09. The quantitative estimate of drug-likeness (QED) is 0.357. The highest BCUT2D eigenvalue weighted by Gasteiger charge is 2.18. The van der Waals surface area contributed by atoms with Crippen LogP contribution in [0.4, 0.5) is 11.4 Å². The van der Waals surface area contributed by atoms with E-state index >= 15 is 0 Å². The fraction of sp³-hybridized carbons (Fsp3) is 0.167. The van der Waals surface area contributed by atoms with E-state index in [9.17, 15) is 4.79 Å². The lowest BCUT2D eigenvalue weighted by Gasteiger charge is -2.16. The second-order valence-electron chi connectivity index (χ2n) is 6.89. The van der Waals surface area contributed by atoms with E-state index in [0.29, 0.717) is 12.2 Å². The van der Waals surface area contributed by atoms with Crippen LogP contribution in [0.5, 0.6) is 0 Å². The molecule has 3 aromatic carbocycles. The normalized spacial score (nSPS) is 11.0. The molecule has 4 heteroatoms. The Labute approximate surface area is 164 Å². The van der Waals surface area contributed by atoms with Gasteiger partial charge >= 0.3 is 5.97 Å². The first-order chi connectivity index (χ1) is 13.6. The van der Waals surface area contributed by atoms with Gasteiger partial charge in [0.15, 0.2) is 0 Å². The van der Waals surface area contributed by atoms with Crippen LogP contribution < -0.4 is 5.32 Å². The van der Waals surface area contributed by atoms with E-state index in [2.05, 4.69) is 54.5 Å². The monoisotopic (exact) mass is 370 g/mol. The summed E-state index contributed by atoms with van der Waals surface area (Å²) in [6, 6.07) is 18.4. The highest BCUT2D eigenvalue weighted by molar-refractivity contribution is 6.13. The molecule has 1 aromatic heterocycles. The summed E-state index contributed by atoms with van der Waals surface area (Å²) in [6.45, 7) is 6.24. The molecule has 0 radical (unpaired) electrons. The molecular formula is C24H22N2O2. The molecule has 0 spiro atoms. The average molecular weight is 370 g/mol. The molecule has 4 nitrogen and oxygen atoms in total. The molecule has 0 fully saturated rings.